The Kier molecular flexibility index (Phi) is 3.27. The van der Waals surface area contributed by atoms with Crippen LogP contribution in [0.2, 0.25) is 0 Å². The van der Waals surface area contributed by atoms with Crippen LogP contribution >= 0.6 is 0 Å². The molecule has 1 unspecified atom stereocenters. The highest BCUT2D eigenvalue weighted by molar-refractivity contribution is 5.89. The third kappa shape index (κ3) is 2.73. The van der Waals surface area contributed by atoms with Crippen molar-refractivity contribution in [3.8, 4) is 0 Å². The van der Waals surface area contributed by atoms with E-state index in [2.05, 4.69) is 22.9 Å². The topological polar surface area (TPSA) is 43.4 Å². The van der Waals surface area contributed by atoms with Gasteiger partial charge in [-0.05, 0) is 37.8 Å². The average molecular weight is 232 g/mol. The zero-order valence-corrected chi connectivity index (χ0v) is 10.2. The number of aryl methyl sites for hydroxylation is 2. The van der Waals surface area contributed by atoms with Crippen LogP contribution in [0.4, 0.5) is 0 Å². The molecule has 1 aliphatic heterocycles. The molecule has 1 atom stereocenters. The van der Waals surface area contributed by atoms with Gasteiger partial charge in [0.05, 0.1) is 5.92 Å². The van der Waals surface area contributed by atoms with Gasteiger partial charge in [-0.25, -0.2) is 0 Å². The lowest BCUT2D eigenvalue weighted by molar-refractivity contribution is -0.167. The van der Waals surface area contributed by atoms with Crippen molar-refractivity contribution in [3.63, 3.8) is 0 Å². The van der Waals surface area contributed by atoms with Crippen LogP contribution in [0.15, 0.2) is 18.2 Å². The van der Waals surface area contributed by atoms with Gasteiger partial charge >= 0.3 is 11.9 Å². The van der Waals surface area contributed by atoms with Crippen molar-refractivity contribution in [3.05, 3.63) is 34.9 Å². The highest BCUT2D eigenvalue weighted by atomic mass is 16.6. The molecule has 3 heteroatoms. The monoisotopic (exact) mass is 232 g/mol. The van der Waals surface area contributed by atoms with Crippen LogP contribution in [0.3, 0.4) is 0 Å². The number of benzene rings is 1. The Morgan fingerprint density at radius 3 is 2.76 bits per heavy atom. The molecule has 90 valence electrons. The highest BCUT2D eigenvalue weighted by Crippen LogP contribution is 2.23. The lowest BCUT2D eigenvalue weighted by atomic mass is 9.90. The zero-order chi connectivity index (χ0) is 12.4. The zero-order valence-electron chi connectivity index (χ0n) is 10.2. The summed E-state index contributed by atoms with van der Waals surface area (Å²) < 4.78 is 4.66. The first-order valence-electron chi connectivity index (χ1n) is 5.87. The van der Waals surface area contributed by atoms with E-state index >= 15 is 0 Å². The van der Waals surface area contributed by atoms with E-state index in [4.69, 9.17) is 0 Å². The number of esters is 2. The fraction of sp³-hybridized carbons (Fsp3) is 0.429. The van der Waals surface area contributed by atoms with E-state index in [-0.39, 0.29) is 11.9 Å². The van der Waals surface area contributed by atoms with E-state index in [9.17, 15) is 9.59 Å². The van der Waals surface area contributed by atoms with Gasteiger partial charge in [-0.15, -0.1) is 0 Å². The van der Waals surface area contributed by atoms with E-state index in [0.717, 1.165) is 0 Å². The Labute approximate surface area is 101 Å². The summed E-state index contributed by atoms with van der Waals surface area (Å²) in [6.45, 7) is 4.07. The van der Waals surface area contributed by atoms with Crippen molar-refractivity contribution in [2.24, 2.45) is 5.92 Å². The van der Waals surface area contributed by atoms with Gasteiger partial charge in [0.25, 0.3) is 0 Å². The largest absolute Gasteiger partial charge is 0.393 e. The van der Waals surface area contributed by atoms with Gasteiger partial charge in [-0.2, -0.15) is 0 Å². The third-order valence-electron chi connectivity index (χ3n) is 3.22. The van der Waals surface area contributed by atoms with Crippen LogP contribution in [0, 0.1) is 19.8 Å². The molecule has 0 amide bonds. The molecule has 1 aromatic rings. The molecule has 1 saturated heterocycles. The summed E-state index contributed by atoms with van der Waals surface area (Å²) >= 11 is 0. The van der Waals surface area contributed by atoms with Crippen LogP contribution < -0.4 is 0 Å². The van der Waals surface area contributed by atoms with E-state index in [1.165, 1.54) is 16.7 Å². The minimum Gasteiger partial charge on any atom is -0.393 e. The standard InChI is InChI=1S/C14H16O3/c1-9-3-4-10(2)12(7-9)8-11-5-6-13(15)17-14(11)16/h3-4,7,11H,5-6,8H2,1-2H3. The quantitative estimate of drug-likeness (QED) is 0.580. The van der Waals surface area contributed by atoms with Crippen LogP contribution in [0.5, 0.6) is 0 Å². The van der Waals surface area contributed by atoms with Crippen LogP contribution in [-0.4, -0.2) is 11.9 Å². The number of cyclic esters (lactones) is 2. The van der Waals surface area contributed by atoms with E-state index < -0.39 is 5.97 Å². The SMILES string of the molecule is Cc1ccc(C)c(CC2CCC(=O)OC2=O)c1. The molecule has 1 aliphatic rings. The van der Waals surface area contributed by atoms with Crippen LogP contribution in [-0.2, 0) is 20.7 Å². The maximum atomic E-state index is 11.6. The number of hydrogen-bond acceptors (Lipinski definition) is 3. The normalized spacial score (nSPS) is 20.2. The van der Waals surface area contributed by atoms with Crippen molar-refractivity contribution >= 4 is 11.9 Å². The summed E-state index contributed by atoms with van der Waals surface area (Å²) in [6.07, 6.45) is 1.62. The number of ether oxygens (including phenoxy) is 1. The van der Waals surface area contributed by atoms with Gasteiger partial charge in [-0.3, -0.25) is 9.59 Å². The first-order chi connectivity index (χ1) is 8.06. The third-order valence-corrected chi connectivity index (χ3v) is 3.22. The predicted octanol–water partition coefficient (Wildman–Crippen LogP) is 2.33. The molecule has 0 aromatic heterocycles. The van der Waals surface area contributed by atoms with Gasteiger partial charge in [0.1, 0.15) is 0 Å². The van der Waals surface area contributed by atoms with Crippen molar-refractivity contribution < 1.29 is 14.3 Å². The van der Waals surface area contributed by atoms with Gasteiger partial charge in [-0.1, -0.05) is 23.8 Å². The van der Waals surface area contributed by atoms with Crippen molar-refractivity contribution in [1.29, 1.82) is 0 Å². The molecular weight excluding hydrogens is 216 g/mol. The van der Waals surface area contributed by atoms with Gasteiger partial charge in [0, 0.05) is 6.42 Å². The smallest absolute Gasteiger partial charge is 0.316 e. The lowest BCUT2D eigenvalue weighted by Gasteiger charge is -2.20. The second kappa shape index (κ2) is 4.70. The van der Waals surface area contributed by atoms with Crippen LogP contribution in [0.1, 0.15) is 29.5 Å². The fourth-order valence-electron chi connectivity index (χ4n) is 2.13. The minimum absolute atomic E-state index is 0.173. The summed E-state index contributed by atoms with van der Waals surface area (Å²) in [5.41, 5.74) is 3.53. The Hall–Kier alpha value is -1.64. The summed E-state index contributed by atoms with van der Waals surface area (Å²) in [5.74, 6) is -0.942. The molecule has 0 spiro atoms. The fourth-order valence-corrected chi connectivity index (χ4v) is 2.13. The minimum atomic E-state index is -0.396. The maximum absolute atomic E-state index is 11.6. The molecular formula is C14H16O3. The van der Waals surface area contributed by atoms with Crippen LogP contribution in [0.25, 0.3) is 0 Å². The summed E-state index contributed by atoms with van der Waals surface area (Å²) in [4.78, 5) is 22.5. The number of carbonyl (C=O) groups is 2. The first kappa shape index (κ1) is 11.8. The molecule has 1 fully saturated rings. The first-order valence-corrected chi connectivity index (χ1v) is 5.87. The molecule has 0 N–H and O–H groups in total. The Morgan fingerprint density at radius 2 is 2.06 bits per heavy atom. The molecule has 0 bridgehead atoms. The Bertz CT molecular complexity index is 463. The van der Waals surface area contributed by atoms with Gasteiger partial charge < -0.3 is 4.74 Å². The summed E-state index contributed by atoms with van der Waals surface area (Å²) in [6, 6.07) is 6.21. The van der Waals surface area contributed by atoms with E-state index in [0.29, 0.717) is 19.3 Å². The Morgan fingerprint density at radius 1 is 1.29 bits per heavy atom. The molecule has 1 aromatic carbocycles. The second-order valence-electron chi connectivity index (χ2n) is 4.66. The molecule has 1 heterocycles. The maximum Gasteiger partial charge on any atom is 0.316 e. The highest BCUT2D eigenvalue weighted by Gasteiger charge is 2.29. The molecule has 17 heavy (non-hydrogen) atoms. The van der Waals surface area contributed by atoms with E-state index in [1.54, 1.807) is 0 Å². The van der Waals surface area contributed by atoms with Crippen molar-refractivity contribution in [2.45, 2.75) is 33.1 Å². The second-order valence-corrected chi connectivity index (χ2v) is 4.66. The summed E-state index contributed by atoms with van der Waals surface area (Å²) in [5, 5.41) is 0. The predicted molar refractivity (Wildman–Crippen MR) is 63.4 cm³/mol. The number of rotatable bonds is 2. The molecule has 0 saturated carbocycles. The van der Waals surface area contributed by atoms with E-state index in [1.807, 2.05) is 13.8 Å². The summed E-state index contributed by atoms with van der Waals surface area (Å²) in [7, 11) is 0. The molecule has 3 nitrogen and oxygen atoms in total. The van der Waals surface area contributed by atoms with Gasteiger partial charge in [0.2, 0.25) is 0 Å². The number of carbonyl (C=O) groups excluding carboxylic acids is 2. The van der Waals surface area contributed by atoms with Crippen molar-refractivity contribution in [1.82, 2.24) is 0 Å². The Balaban J connectivity index is 2.13. The molecule has 0 radical (unpaired) electrons. The lowest BCUT2D eigenvalue weighted by Crippen LogP contribution is -2.29. The number of hydrogen-bond donors (Lipinski definition) is 0. The average Bonchev–Trinajstić information content (AvgIpc) is 2.27. The molecule has 2 rings (SSSR count). The molecule has 0 aliphatic carbocycles. The van der Waals surface area contributed by atoms with Gasteiger partial charge in [0.15, 0.2) is 0 Å². The van der Waals surface area contributed by atoms with Crippen molar-refractivity contribution in [2.75, 3.05) is 0 Å².